The molecule has 4 amide bonds. The maximum atomic E-state index is 12.7. The first-order chi connectivity index (χ1) is 15.9. The van der Waals surface area contributed by atoms with Crippen LogP contribution in [0.5, 0.6) is 0 Å². The SMILES string of the molecule is C[C@@H](NC(=O)[C@H](CCCCNC(=O)OC(C)(C)C)NC(=O)CBr)C(=O)N[C@H](C)C(=O)OC(C)(C)C. The summed E-state index contributed by atoms with van der Waals surface area (Å²) in [5.41, 5.74) is -1.29. The number of halogens is 1. The summed E-state index contributed by atoms with van der Waals surface area (Å²) in [6.07, 6.45) is 0.840. The molecule has 0 aromatic carbocycles. The number of alkyl carbamates (subject to hydrolysis) is 1. The lowest BCUT2D eigenvalue weighted by Crippen LogP contribution is -2.54. The lowest BCUT2D eigenvalue weighted by molar-refractivity contribution is -0.158. The number of unbranched alkanes of at least 4 members (excludes halogenated alkanes) is 1. The summed E-state index contributed by atoms with van der Waals surface area (Å²) in [5.74, 6) is -2.07. The number of carbonyl (C=O) groups excluding carboxylic acids is 5. The van der Waals surface area contributed by atoms with E-state index in [1.54, 1.807) is 41.5 Å². The van der Waals surface area contributed by atoms with E-state index in [1.165, 1.54) is 13.8 Å². The van der Waals surface area contributed by atoms with Crippen LogP contribution in [0.25, 0.3) is 0 Å². The average molecular weight is 566 g/mol. The van der Waals surface area contributed by atoms with Gasteiger partial charge in [0.05, 0.1) is 5.33 Å². The van der Waals surface area contributed by atoms with Crippen molar-refractivity contribution in [3.8, 4) is 0 Å². The van der Waals surface area contributed by atoms with E-state index in [0.29, 0.717) is 25.8 Å². The van der Waals surface area contributed by atoms with Gasteiger partial charge in [-0.15, -0.1) is 0 Å². The summed E-state index contributed by atoms with van der Waals surface area (Å²) in [5, 5.41) is 10.3. The number of amides is 4. The van der Waals surface area contributed by atoms with Gasteiger partial charge in [0.25, 0.3) is 0 Å². The number of alkyl halides is 1. The molecular weight excluding hydrogens is 524 g/mol. The molecule has 0 heterocycles. The minimum Gasteiger partial charge on any atom is -0.458 e. The second-order valence-electron chi connectivity index (χ2n) is 10.2. The molecule has 0 saturated heterocycles. The van der Waals surface area contributed by atoms with E-state index in [9.17, 15) is 24.0 Å². The summed E-state index contributed by atoms with van der Waals surface area (Å²) < 4.78 is 10.4. The van der Waals surface area contributed by atoms with Gasteiger partial charge in [0.15, 0.2) is 0 Å². The van der Waals surface area contributed by atoms with Crippen molar-refractivity contribution in [1.82, 2.24) is 21.3 Å². The Hall–Kier alpha value is -2.37. The van der Waals surface area contributed by atoms with Crippen LogP contribution in [0.15, 0.2) is 0 Å². The van der Waals surface area contributed by atoms with Crippen molar-refractivity contribution in [3.05, 3.63) is 0 Å². The van der Waals surface area contributed by atoms with Crippen LogP contribution in [-0.2, 0) is 28.7 Å². The summed E-state index contributed by atoms with van der Waals surface area (Å²) >= 11 is 3.05. The van der Waals surface area contributed by atoms with E-state index >= 15 is 0 Å². The number of nitrogens with one attached hydrogen (secondary N) is 4. The third-order valence-corrected chi connectivity index (χ3v) is 4.74. The molecule has 0 saturated carbocycles. The van der Waals surface area contributed by atoms with Gasteiger partial charge in [-0.2, -0.15) is 0 Å². The van der Waals surface area contributed by atoms with Gasteiger partial charge in [0.2, 0.25) is 17.7 Å². The van der Waals surface area contributed by atoms with Gasteiger partial charge >= 0.3 is 12.1 Å². The quantitative estimate of drug-likeness (QED) is 0.160. The fraction of sp³-hybridized carbons (Fsp3) is 0.783. The molecule has 0 radical (unpaired) electrons. The Bertz CT molecular complexity index is 747. The molecule has 0 fully saturated rings. The Morgan fingerprint density at radius 3 is 1.83 bits per heavy atom. The molecular formula is C23H41BrN4O7. The number of esters is 1. The molecule has 0 aromatic rings. The van der Waals surface area contributed by atoms with E-state index in [1.807, 2.05) is 0 Å². The van der Waals surface area contributed by atoms with Crippen molar-refractivity contribution in [2.75, 3.05) is 11.9 Å². The third-order valence-electron chi connectivity index (χ3n) is 4.23. The topological polar surface area (TPSA) is 152 Å². The Balaban J connectivity index is 4.77. The van der Waals surface area contributed by atoms with Crippen LogP contribution in [-0.4, -0.2) is 71.0 Å². The molecule has 0 rings (SSSR count). The van der Waals surface area contributed by atoms with Gasteiger partial charge in [-0.05, 0) is 74.7 Å². The molecule has 12 heteroatoms. The van der Waals surface area contributed by atoms with E-state index < -0.39 is 53.2 Å². The lowest BCUT2D eigenvalue weighted by atomic mass is 10.1. The molecule has 0 aromatic heterocycles. The van der Waals surface area contributed by atoms with Crippen LogP contribution in [0.1, 0.15) is 74.7 Å². The zero-order valence-corrected chi connectivity index (χ0v) is 23.6. The maximum absolute atomic E-state index is 12.7. The van der Waals surface area contributed by atoms with Gasteiger partial charge < -0.3 is 30.7 Å². The lowest BCUT2D eigenvalue weighted by Gasteiger charge is -2.24. The minimum atomic E-state index is -0.954. The van der Waals surface area contributed by atoms with Gasteiger partial charge in [-0.1, -0.05) is 15.9 Å². The Morgan fingerprint density at radius 2 is 1.31 bits per heavy atom. The fourth-order valence-electron chi connectivity index (χ4n) is 2.65. The standard InChI is InChI=1S/C23H41BrN4O7/c1-14(18(30)27-15(2)20(32)34-22(3,4)5)26-19(31)16(28-17(29)13-24)11-9-10-12-25-21(33)35-23(6,7)8/h14-16H,9-13H2,1-8H3,(H,25,33)(H,26,31)(H,27,30)(H,28,29)/t14-,15-,16+/m1/s1. The maximum Gasteiger partial charge on any atom is 0.407 e. The van der Waals surface area contributed by atoms with Crippen LogP contribution in [0, 0.1) is 0 Å². The van der Waals surface area contributed by atoms with Crippen LogP contribution in [0.4, 0.5) is 4.79 Å². The van der Waals surface area contributed by atoms with Crippen molar-refractivity contribution in [2.45, 2.75) is 104 Å². The van der Waals surface area contributed by atoms with Gasteiger partial charge in [-0.25, -0.2) is 9.59 Å². The molecule has 4 N–H and O–H groups in total. The van der Waals surface area contributed by atoms with E-state index in [2.05, 4.69) is 37.2 Å². The first-order valence-electron chi connectivity index (χ1n) is 11.6. The molecule has 11 nitrogen and oxygen atoms in total. The highest BCUT2D eigenvalue weighted by Gasteiger charge is 2.27. The van der Waals surface area contributed by atoms with Gasteiger partial charge in [0, 0.05) is 6.54 Å². The molecule has 0 bridgehead atoms. The highest BCUT2D eigenvalue weighted by Crippen LogP contribution is 2.09. The Kier molecular flexibility index (Phi) is 13.9. The molecule has 0 aliphatic carbocycles. The number of rotatable bonds is 12. The van der Waals surface area contributed by atoms with Crippen LogP contribution in [0.2, 0.25) is 0 Å². The fourth-order valence-corrected chi connectivity index (χ4v) is 2.81. The highest BCUT2D eigenvalue weighted by atomic mass is 79.9. The first-order valence-corrected chi connectivity index (χ1v) is 12.7. The molecule has 0 aliphatic rings. The van der Waals surface area contributed by atoms with E-state index in [4.69, 9.17) is 9.47 Å². The van der Waals surface area contributed by atoms with Crippen molar-refractivity contribution in [2.24, 2.45) is 0 Å². The first kappa shape index (κ1) is 32.6. The molecule has 3 atom stereocenters. The van der Waals surface area contributed by atoms with Crippen molar-refractivity contribution in [3.63, 3.8) is 0 Å². The monoisotopic (exact) mass is 564 g/mol. The van der Waals surface area contributed by atoms with Crippen LogP contribution < -0.4 is 21.3 Å². The van der Waals surface area contributed by atoms with E-state index in [-0.39, 0.29) is 11.2 Å². The van der Waals surface area contributed by atoms with Gasteiger partial charge in [0.1, 0.15) is 29.3 Å². The Morgan fingerprint density at radius 1 is 0.771 bits per heavy atom. The number of ether oxygens (including phenoxy) is 2. The number of hydrogen-bond donors (Lipinski definition) is 4. The van der Waals surface area contributed by atoms with Crippen molar-refractivity contribution < 1.29 is 33.4 Å². The predicted molar refractivity (Wildman–Crippen MR) is 135 cm³/mol. The summed E-state index contributed by atoms with van der Waals surface area (Å²) in [7, 11) is 0. The summed E-state index contributed by atoms with van der Waals surface area (Å²) in [6.45, 7) is 13.8. The Labute approximate surface area is 216 Å². The third kappa shape index (κ3) is 16.0. The number of carbonyl (C=O) groups is 5. The smallest absolute Gasteiger partial charge is 0.407 e. The molecule has 202 valence electrons. The number of hydrogen-bond acceptors (Lipinski definition) is 7. The zero-order valence-electron chi connectivity index (χ0n) is 22.0. The molecule has 0 spiro atoms. The van der Waals surface area contributed by atoms with Crippen molar-refractivity contribution >= 4 is 45.7 Å². The summed E-state index contributed by atoms with van der Waals surface area (Å²) in [4.78, 5) is 60.8. The zero-order chi connectivity index (χ0) is 27.4. The minimum absolute atomic E-state index is 0.0143. The highest BCUT2D eigenvalue weighted by molar-refractivity contribution is 9.09. The largest absolute Gasteiger partial charge is 0.458 e. The van der Waals surface area contributed by atoms with Crippen molar-refractivity contribution in [1.29, 1.82) is 0 Å². The summed E-state index contributed by atoms with van der Waals surface area (Å²) in [6, 6.07) is -2.73. The second-order valence-corrected chi connectivity index (χ2v) is 10.7. The molecule has 35 heavy (non-hydrogen) atoms. The second kappa shape index (κ2) is 14.9. The van der Waals surface area contributed by atoms with Gasteiger partial charge in [-0.3, -0.25) is 14.4 Å². The average Bonchev–Trinajstić information content (AvgIpc) is 2.69. The van der Waals surface area contributed by atoms with E-state index in [0.717, 1.165) is 0 Å². The molecule has 0 aliphatic heterocycles. The van der Waals surface area contributed by atoms with Crippen LogP contribution >= 0.6 is 15.9 Å². The molecule has 0 unspecified atom stereocenters. The normalized spacial score (nSPS) is 14.1. The van der Waals surface area contributed by atoms with Crippen LogP contribution in [0.3, 0.4) is 0 Å². The predicted octanol–water partition coefficient (Wildman–Crippen LogP) is 1.91.